The highest BCUT2D eigenvalue weighted by molar-refractivity contribution is 7.47. The molecule has 0 aliphatic heterocycles. The van der Waals surface area contributed by atoms with Crippen LogP contribution in [-0.4, -0.2) is 76.9 Å². The van der Waals surface area contributed by atoms with Crippen LogP contribution >= 0.6 is 7.82 Å². The van der Waals surface area contributed by atoms with Crippen molar-refractivity contribution in [1.29, 1.82) is 0 Å². The van der Waals surface area contributed by atoms with Crippen molar-refractivity contribution in [2.24, 2.45) is 5.92 Å². The number of carbonyl (C=O) groups is 2. The van der Waals surface area contributed by atoms with Gasteiger partial charge >= 0.3 is 19.8 Å². The molecule has 0 aromatic carbocycles. The molecule has 0 fully saturated rings. The Morgan fingerprint density at radius 1 is 0.621 bits per heavy atom. The minimum absolute atomic E-state index is 0.0133. The number of ether oxygens (including phenoxy) is 2. The molecule has 0 saturated heterocycles. The summed E-state index contributed by atoms with van der Waals surface area (Å²) in [5.41, 5.74) is 0. The molecular weight excluding hydrogens is 759 g/mol. The van der Waals surface area contributed by atoms with Crippen molar-refractivity contribution < 1.29 is 52.9 Å². The summed E-state index contributed by atoms with van der Waals surface area (Å²) >= 11 is 0. The molecule has 338 valence electrons. The first kappa shape index (κ1) is 55.9. The van der Waals surface area contributed by atoms with Gasteiger partial charge in [0.2, 0.25) is 0 Å². The summed E-state index contributed by atoms with van der Waals surface area (Å²) in [5.74, 6) is -0.312. The fraction of sp³-hybridized carbons (Fsp3) is 0.783. The van der Waals surface area contributed by atoms with Crippen LogP contribution in [0.2, 0.25) is 0 Å². The molecule has 11 nitrogen and oxygen atoms in total. The molecule has 4 N–H and O–H groups in total. The van der Waals surface area contributed by atoms with Crippen LogP contribution in [0.3, 0.4) is 0 Å². The molecule has 1 unspecified atom stereocenters. The molecule has 0 rings (SSSR count). The minimum atomic E-state index is -4.66. The van der Waals surface area contributed by atoms with Crippen LogP contribution in [0.4, 0.5) is 0 Å². The van der Waals surface area contributed by atoms with Crippen molar-refractivity contribution in [3.8, 4) is 0 Å². The molecule has 4 atom stereocenters. The van der Waals surface area contributed by atoms with E-state index in [1.807, 2.05) is 12.2 Å². The first-order chi connectivity index (χ1) is 28.0. The third-order valence-electron chi connectivity index (χ3n) is 9.52. The van der Waals surface area contributed by atoms with Crippen LogP contribution in [-0.2, 0) is 32.7 Å². The van der Waals surface area contributed by atoms with E-state index in [-0.39, 0.29) is 12.8 Å². The number of hydrogen-bond donors (Lipinski definition) is 4. The predicted octanol–water partition coefficient (Wildman–Crippen LogP) is 10.9. The Labute approximate surface area is 352 Å². The first-order valence-corrected chi connectivity index (χ1v) is 24.1. The lowest BCUT2D eigenvalue weighted by Gasteiger charge is -2.20. The van der Waals surface area contributed by atoms with E-state index in [1.54, 1.807) is 12.2 Å². The third-order valence-corrected chi connectivity index (χ3v) is 10.5. The fourth-order valence-corrected chi connectivity index (χ4v) is 6.78. The minimum Gasteiger partial charge on any atom is -0.462 e. The van der Waals surface area contributed by atoms with Gasteiger partial charge in [0.1, 0.15) is 12.7 Å². The van der Waals surface area contributed by atoms with Crippen LogP contribution in [0.15, 0.2) is 48.6 Å². The van der Waals surface area contributed by atoms with E-state index in [2.05, 4.69) is 49.6 Å². The number of hydrogen-bond acceptors (Lipinski definition) is 10. The van der Waals surface area contributed by atoms with Gasteiger partial charge < -0.3 is 29.7 Å². The number of aliphatic hydroxyl groups is 3. The Kier molecular flexibility index (Phi) is 38.8. The molecule has 0 bridgehead atoms. The number of aliphatic hydroxyl groups excluding tert-OH is 3. The maximum atomic E-state index is 12.6. The Balaban J connectivity index is 4.45. The summed E-state index contributed by atoms with van der Waals surface area (Å²) in [6.45, 7) is 4.47. The second-order valence-corrected chi connectivity index (χ2v) is 17.2. The smallest absolute Gasteiger partial charge is 0.462 e. The van der Waals surface area contributed by atoms with E-state index in [0.717, 1.165) is 44.4 Å². The van der Waals surface area contributed by atoms with Crippen molar-refractivity contribution in [2.75, 3.05) is 26.4 Å². The second-order valence-electron chi connectivity index (χ2n) is 15.8. The summed E-state index contributed by atoms with van der Waals surface area (Å²) < 4.78 is 32.6. The van der Waals surface area contributed by atoms with Crippen molar-refractivity contribution >= 4 is 19.8 Å². The highest BCUT2D eigenvalue weighted by atomic mass is 31.2. The van der Waals surface area contributed by atoms with Gasteiger partial charge in [0, 0.05) is 12.8 Å². The van der Waals surface area contributed by atoms with Crippen LogP contribution < -0.4 is 0 Å². The lowest BCUT2D eigenvalue weighted by molar-refractivity contribution is -0.161. The van der Waals surface area contributed by atoms with Gasteiger partial charge in [-0.3, -0.25) is 18.6 Å². The molecule has 12 heteroatoms. The molecule has 0 aromatic rings. The standard InChI is InChI=1S/C46H83O11P/c1-4-5-6-7-8-9-10-13-17-20-23-26-29-33-42(48)34-31-36-45(50)54-39-44(40-56-58(52,53)55-38-43(49)37-47)57-46(51)35-30-27-24-21-18-15-12-11-14-16-19-22-25-28-32-41(2)3/h8-9,13,17,23,26,29,33,41-44,47-49H,4-7,10-12,14-16,18-22,24-25,27-28,30-32,34-40H2,1-3H3,(H,52,53)/b9-8-,17-13-,26-23-,33-29+/t42-,43+,44-/m1/s1. The van der Waals surface area contributed by atoms with E-state index < -0.39 is 64.5 Å². The summed E-state index contributed by atoms with van der Waals surface area (Å²) in [5, 5.41) is 28.6. The van der Waals surface area contributed by atoms with Crippen LogP contribution in [0.1, 0.15) is 181 Å². The number of phosphoric ester groups is 1. The molecular formula is C46H83O11P. The number of esters is 2. The molecule has 0 radical (unpaired) electrons. The monoisotopic (exact) mass is 843 g/mol. The van der Waals surface area contributed by atoms with Crippen molar-refractivity contribution in [3.63, 3.8) is 0 Å². The highest BCUT2D eigenvalue weighted by Gasteiger charge is 2.27. The van der Waals surface area contributed by atoms with Crippen LogP contribution in [0.25, 0.3) is 0 Å². The fourth-order valence-electron chi connectivity index (χ4n) is 5.99. The average molecular weight is 843 g/mol. The molecule has 0 spiro atoms. The lowest BCUT2D eigenvalue weighted by atomic mass is 10.0. The summed E-state index contributed by atoms with van der Waals surface area (Å²) in [7, 11) is -4.66. The lowest BCUT2D eigenvalue weighted by Crippen LogP contribution is -2.30. The zero-order chi connectivity index (χ0) is 43.0. The van der Waals surface area contributed by atoms with Gasteiger partial charge in [0.15, 0.2) is 6.10 Å². The highest BCUT2D eigenvalue weighted by Crippen LogP contribution is 2.43. The summed E-state index contributed by atoms with van der Waals surface area (Å²) in [6.07, 6.45) is 38.2. The van der Waals surface area contributed by atoms with Gasteiger partial charge in [-0.15, -0.1) is 0 Å². The maximum Gasteiger partial charge on any atom is 0.472 e. The Morgan fingerprint density at radius 2 is 1.17 bits per heavy atom. The number of unbranched alkanes of at least 4 members (excludes halogenated alkanes) is 16. The predicted molar refractivity (Wildman–Crippen MR) is 234 cm³/mol. The first-order valence-electron chi connectivity index (χ1n) is 22.6. The summed E-state index contributed by atoms with van der Waals surface area (Å²) in [6, 6.07) is 0. The zero-order valence-corrected chi connectivity index (χ0v) is 37.4. The molecule has 0 aromatic heterocycles. The van der Waals surface area contributed by atoms with Gasteiger partial charge in [-0.1, -0.05) is 172 Å². The van der Waals surface area contributed by atoms with Gasteiger partial charge in [-0.2, -0.15) is 0 Å². The van der Waals surface area contributed by atoms with Gasteiger partial charge in [0.05, 0.1) is 25.9 Å². The average Bonchev–Trinajstić information content (AvgIpc) is 3.19. The van der Waals surface area contributed by atoms with Crippen LogP contribution in [0, 0.1) is 5.92 Å². The Hall–Kier alpha value is -2.11. The van der Waals surface area contributed by atoms with Gasteiger partial charge in [-0.05, 0) is 50.9 Å². The topological polar surface area (TPSA) is 169 Å². The number of phosphoric acid groups is 1. The molecule has 0 aliphatic rings. The maximum absolute atomic E-state index is 12.6. The van der Waals surface area contributed by atoms with Crippen molar-refractivity contribution in [3.05, 3.63) is 48.6 Å². The molecule has 0 saturated carbocycles. The molecule has 0 aliphatic carbocycles. The largest absolute Gasteiger partial charge is 0.472 e. The molecule has 0 heterocycles. The quantitative estimate of drug-likeness (QED) is 0.0152. The Morgan fingerprint density at radius 3 is 1.78 bits per heavy atom. The van der Waals surface area contributed by atoms with Crippen molar-refractivity contribution in [2.45, 2.75) is 200 Å². The number of rotatable bonds is 41. The summed E-state index contributed by atoms with van der Waals surface area (Å²) in [4.78, 5) is 35.0. The van der Waals surface area contributed by atoms with Gasteiger partial charge in [-0.25, -0.2) is 4.57 Å². The van der Waals surface area contributed by atoms with E-state index in [9.17, 15) is 29.3 Å². The van der Waals surface area contributed by atoms with E-state index in [4.69, 9.17) is 19.1 Å². The third kappa shape index (κ3) is 40.7. The molecule has 0 amide bonds. The van der Waals surface area contributed by atoms with E-state index >= 15 is 0 Å². The molecule has 58 heavy (non-hydrogen) atoms. The number of allylic oxidation sites excluding steroid dienone is 7. The van der Waals surface area contributed by atoms with Crippen molar-refractivity contribution in [1.82, 2.24) is 0 Å². The zero-order valence-electron chi connectivity index (χ0n) is 36.5. The second kappa shape index (κ2) is 40.3. The number of carbonyl (C=O) groups excluding carboxylic acids is 2. The van der Waals surface area contributed by atoms with E-state index in [1.165, 1.54) is 89.9 Å². The Bertz CT molecular complexity index is 1140. The SMILES string of the molecule is CCCCC/C=C\C/C=C\C/C=C\C=C\[C@@H](O)CCCC(=O)OC[C@H](COP(=O)(O)OC[C@@H](O)CO)OC(=O)CCCCCCCCCCCCCCCCC(C)C. The van der Waals surface area contributed by atoms with Crippen LogP contribution in [0.5, 0.6) is 0 Å². The van der Waals surface area contributed by atoms with E-state index in [0.29, 0.717) is 19.3 Å². The van der Waals surface area contributed by atoms with Gasteiger partial charge in [0.25, 0.3) is 0 Å². The normalized spacial score (nSPS) is 14.9.